The fraction of sp³-hybridized carbons (Fsp3) is 0.636. The molecule has 5 heteroatoms. The Labute approximate surface area is 95.7 Å². The number of carbonyl (C=O) groups excluding carboxylic acids is 1. The predicted octanol–water partition coefficient (Wildman–Crippen LogP) is 1.45. The zero-order chi connectivity index (χ0) is 11.8. The van der Waals surface area contributed by atoms with Gasteiger partial charge >= 0.3 is 6.09 Å². The molecule has 0 aromatic rings. The summed E-state index contributed by atoms with van der Waals surface area (Å²) in [5.41, 5.74) is 0. The maximum atomic E-state index is 11.3. The lowest BCUT2D eigenvalue weighted by atomic mass is 10.3. The fourth-order valence-electron chi connectivity index (χ4n) is 1.46. The third kappa shape index (κ3) is 4.02. The SMILES string of the molecule is C=CCOC(=O)N=C(CC)N1CCOCC1. The van der Waals surface area contributed by atoms with E-state index in [0.29, 0.717) is 19.6 Å². The first-order valence-electron chi connectivity index (χ1n) is 5.45. The second kappa shape index (κ2) is 7.00. The monoisotopic (exact) mass is 226 g/mol. The molecule has 5 nitrogen and oxygen atoms in total. The Morgan fingerprint density at radius 2 is 2.25 bits per heavy atom. The Kier molecular flexibility index (Phi) is 5.56. The van der Waals surface area contributed by atoms with Crippen molar-refractivity contribution in [2.24, 2.45) is 4.99 Å². The van der Waals surface area contributed by atoms with Gasteiger partial charge in [0.25, 0.3) is 0 Å². The summed E-state index contributed by atoms with van der Waals surface area (Å²) in [6, 6.07) is 0. The molecule has 0 aromatic heterocycles. The zero-order valence-electron chi connectivity index (χ0n) is 9.65. The molecule has 0 aromatic carbocycles. The molecule has 1 aliphatic heterocycles. The van der Waals surface area contributed by atoms with Crippen LogP contribution in [-0.2, 0) is 9.47 Å². The van der Waals surface area contributed by atoms with Crippen molar-refractivity contribution in [1.29, 1.82) is 0 Å². The lowest BCUT2D eigenvalue weighted by molar-refractivity contribution is 0.0670. The van der Waals surface area contributed by atoms with Crippen LogP contribution in [0.5, 0.6) is 0 Å². The maximum Gasteiger partial charge on any atom is 0.435 e. The Bertz CT molecular complexity index is 270. The van der Waals surface area contributed by atoms with E-state index in [0.717, 1.165) is 18.9 Å². The molecule has 1 fully saturated rings. The average Bonchev–Trinajstić information content (AvgIpc) is 2.34. The quantitative estimate of drug-likeness (QED) is 0.415. The standard InChI is InChI=1S/C11H18N2O3/c1-3-7-16-11(14)12-10(4-2)13-5-8-15-9-6-13/h3H,1,4-9H2,2H3. The number of hydrogen-bond donors (Lipinski definition) is 0. The molecular formula is C11H18N2O3. The summed E-state index contributed by atoms with van der Waals surface area (Å²) in [5.74, 6) is 0.761. The third-order valence-electron chi connectivity index (χ3n) is 2.24. The Hall–Kier alpha value is -1.36. The van der Waals surface area contributed by atoms with E-state index >= 15 is 0 Å². The van der Waals surface area contributed by atoms with E-state index in [9.17, 15) is 4.79 Å². The van der Waals surface area contributed by atoms with Crippen molar-refractivity contribution in [3.05, 3.63) is 12.7 Å². The van der Waals surface area contributed by atoms with Crippen LogP contribution in [0, 0.1) is 0 Å². The van der Waals surface area contributed by atoms with E-state index in [1.165, 1.54) is 6.08 Å². The Balaban J connectivity index is 2.53. The summed E-state index contributed by atoms with van der Waals surface area (Å²) < 4.78 is 10.1. The van der Waals surface area contributed by atoms with Gasteiger partial charge in [0.2, 0.25) is 0 Å². The summed E-state index contributed by atoms with van der Waals surface area (Å²) in [4.78, 5) is 17.3. The van der Waals surface area contributed by atoms with E-state index in [-0.39, 0.29) is 6.61 Å². The van der Waals surface area contributed by atoms with Crippen LogP contribution in [0.4, 0.5) is 4.79 Å². The van der Waals surface area contributed by atoms with Crippen molar-refractivity contribution in [2.75, 3.05) is 32.9 Å². The van der Waals surface area contributed by atoms with Gasteiger partial charge in [-0.2, -0.15) is 4.99 Å². The minimum Gasteiger partial charge on any atom is -0.444 e. The van der Waals surface area contributed by atoms with Gasteiger partial charge in [-0.3, -0.25) is 0 Å². The van der Waals surface area contributed by atoms with Gasteiger partial charge in [-0.1, -0.05) is 19.6 Å². The van der Waals surface area contributed by atoms with Gasteiger partial charge in [0.05, 0.1) is 13.2 Å². The number of carbonyl (C=O) groups is 1. The molecule has 0 saturated carbocycles. The molecule has 90 valence electrons. The molecule has 0 atom stereocenters. The van der Waals surface area contributed by atoms with Crippen LogP contribution >= 0.6 is 0 Å². The highest BCUT2D eigenvalue weighted by Crippen LogP contribution is 2.03. The summed E-state index contributed by atoms with van der Waals surface area (Å²) in [6.45, 7) is 8.55. The number of hydrogen-bond acceptors (Lipinski definition) is 3. The Morgan fingerprint density at radius 1 is 1.56 bits per heavy atom. The number of amides is 1. The largest absolute Gasteiger partial charge is 0.444 e. The van der Waals surface area contributed by atoms with E-state index in [4.69, 9.17) is 9.47 Å². The molecule has 1 saturated heterocycles. The Morgan fingerprint density at radius 3 is 2.81 bits per heavy atom. The van der Waals surface area contributed by atoms with E-state index in [1.807, 2.05) is 6.92 Å². The highest BCUT2D eigenvalue weighted by Gasteiger charge is 2.15. The first-order chi connectivity index (χ1) is 7.77. The zero-order valence-corrected chi connectivity index (χ0v) is 9.65. The normalized spacial score (nSPS) is 17.1. The first kappa shape index (κ1) is 12.7. The lowest BCUT2D eigenvalue weighted by Crippen LogP contribution is -2.40. The molecule has 16 heavy (non-hydrogen) atoms. The highest BCUT2D eigenvalue weighted by molar-refractivity contribution is 5.91. The van der Waals surface area contributed by atoms with Crippen LogP contribution in [0.25, 0.3) is 0 Å². The van der Waals surface area contributed by atoms with Gasteiger partial charge in [-0.05, 0) is 0 Å². The molecule has 1 heterocycles. The fourth-order valence-corrected chi connectivity index (χ4v) is 1.46. The second-order valence-electron chi connectivity index (χ2n) is 3.35. The molecule has 0 radical (unpaired) electrons. The van der Waals surface area contributed by atoms with Crippen molar-refractivity contribution in [2.45, 2.75) is 13.3 Å². The van der Waals surface area contributed by atoms with E-state index < -0.39 is 6.09 Å². The van der Waals surface area contributed by atoms with Crippen LogP contribution < -0.4 is 0 Å². The van der Waals surface area contributed by atoms with E-state index in [2.05, 4.69) is 16.5 Å². The summed E-state index contributed by atoms with van der Waals surface area (Å²) in [5, 5.41) is 0. The number of nitrogens with zero attached hydrogens (tertiary/aromatic N) is 2. The molecule has 0 aliphatic carbocycles. The predicted molar refractivity (Wildman–Crippen MR) is 61.7 cm³/mol. The number of aliphatic imine (C=N–C) groups is 1. The molecule has 0 unspecified atom stereocenters. The van der Waals surface area contributed by atoms with Crippen molar-refractivity contribution in [3.8, 4) is 0 Å². The second-order valence-corrected chi connectivity index (χ2v) is 3.35. The maximum absolute atomic E-state index is 11.3. The number of ether oxygens (including phenoxy) is 2. The number of amidine groups is 1. The van der Waals surface area contributed by atoms with Gasteiger partial charge in [0, 0.05) is 19.5 Å². The highest BCUT2D eigenvalue weighted by atomic mass is 16.5. The molecule has 1 amide bonds. The molecule has 1 rings (SSSR count). The van der Waals surface area contributed by atoms with Gasteiger partial charge in [0.1, 0.15) is 12.4 Å². The number of morpholine rings is 1. The van der Waals surface area contributed by atoms with Crippen molar-refractivity contribution in [1.82, 2.24) is 4.90 Å². The summed E-state index contributed by atoms with van der Waals surface area (Å²) >= 11 is 0. The summed E-state index contributed by atoms with van der Waals surface area (Å²) in [6.07, 6.45) is 1.68. The minimum absolute atomic E-state index is 0.197. The number of rotatable bonds is 3. The van der Waals surface area contributed by atoms with Gasteiger partial charge < -0.3 is 14.4 Å². The van der Waals surface area contributed by atoms with Crippen molar-refractivity contribution < 1.29 is 14.3 Å². The van der Waals surface area contributed by atoms with Gasteiger partial charge in [0.15, 0.2) is 0 Å². The molecule has 0 spiro atoms. The summed E-state index contributed by atoms with van der Waals surface area (Å²) in [7, 11) is 0. The van der Waals surface area contributed by atoms with E-state index in [1.54, 1.807) is 0 Å². The van der Waals surface area contributed by atoms with Crippen molar-refractivity contribution >= 4 is 11.9 Å². The molecule has 1 aliphatic rings. The smallest absolute Gasteiger partial charge is 0.435 e. The van der Waals surface area contributed by atoms with Gasteiger partial charge in [-0.25, -0.2) is 4.79 Å². The van der Waals surface area contributed by atoms with Crippen LogP contribution in [0.1, 0.15) is 13.3 Å². The van der Waals surface area contributed by atoms with Crippen molar-refractivity contribution in [3.63, 3.8) is 0 Å². The minimum atomic E-state index is -0.553. The topological polar surface area (TPSA) is 51.1 Å². The average molecular weight is 226 g/mol. The molecule has 0 N–H and O–H groups in total. The van der Waals surface area contributed by atoms with Crippen LogP contribution in [0.15, 0.2) is 17.6 Å². The lowest BCUT2D eigenvalue weighted by Gasteiger charge is -2.29. The van der Waals surface area contributed by atoms with Gasteiger partial charge in [-0.15, -0.1) is 0 Å². The van der Waals surface area contributed by atoms with Crippen LogP contribution in [-0.4, -0.2) is 49.7 Å². The van der Waals surface area contributed by atoms with Crippen LogP contribution in [0.2, 0.25) is 0 Å². The van der Waals surface area contributed by atoms with Crippen LogP contribution in [0.3, 0.4) is 0 Å². The molecular weight excluding hydrogens is 208 g/mol. The molecule has 0 bridgehead atoms. The first-order valence-corrected chi connectivity index (χ1v) is 5.45. The third-order valence-corrected chi connectivity index (χ3v) is 2.24.